The summed E-state index contributed by atoms with van der Waals surface area (Å²) in [5, 5.41) is 5.60. The van der Waals surface area contributed by atoms with Crippen LogP contribution in [0.25, 0.3) is 0 Å². The Bertz CT molecular complexity index is 232. The summed E-state index contributed by atoms with van der Waals surface area (Å²) in [5.41, 5.74) is 0. The van der Waals surface area contributed by atoms with Crippen LogP contribution in [0, 0.1) is 5.92 Å². The van der Waals surface area contributed by atoms with Crippen LogP contribution < -0.4 is 5.32 Å². The lowest BCUT2D eigenvalue weighted by Crippen LogP contribution is -2.16. The molecule has 15 heavy (non-hydrogen) atoms. The SMILES string of the molecule is CC(C)CCSCCNCc1cccs1. The molecule has 0 aliphatic carbocycles. The molecule has 3 heteroatoms. The molecule has 0 unspecified atom stereocenters. The van der Waals surface area contributed by atoms with Gasteiger partial charge in [-0.25, -0.2) is 0 Å². The molecule has 0 saturated carbocycles. The van der Waals surface area contributed by atoms with Gasteiger partial charge in [0, 0.05) is 23.7 Å². The van der Waals surface area contributed by atoms with Crippen LogP contribution in [0.2, 0.25) is 0 Å². The van der Waals surface area contributed by atoms with Crippen LogP contribution >= 0.6 is 23.1 Å². The van der Waals surface area contributed by atoms with E-state index in [-0.39, 0.29) is 0 Å². The van der Waals surface area contributed by atoms with Crippen LogP contribution in [0.15, 0.2) is 17.5 Å². The molecular weight excluding hydrogens is 222 g/mol. The molecule has 0 amide bonds. The Morgan fingerprint density at radius 3 is 2.93 bits per heavy atom. The zero-order chi connectivity index (χ0) is 10.9. The normalized spacial score (nSPS) is 11.1. The second-order valence-corrected chi connectivity index (χ2v) is 6.31. The Morgan fingerprint density at radius 1 is 1.40 bits per heavy atom. The van der Waals surface area contributed by atoms with Crippen molar-refractivity contribution in [1.82, 2.24) is 5.32 Å². The van der Waals surface area contributed by atoms with E-state index >= 15 is 0 Å². The maximum atomic E-state index is 3.47. The van der Waals surface area contributed by atoms with Gasteiger partial charge in [0.25, 0.3) is 0 Å². The summed E-state index contributed by atoms with van der Waals surface area (Å²) >= 11 is 3.89. The highest BCUT2D eigenvalue weighted by molar-refractivity contribution is 7.99. The first-order valence-corrected chi connectivity index (χ1v) is 7.63. The van der Waals surface area contributed by atoms with Crippen LogP contribution in [0.5, 0.6) is 0 Å². The molecule has 0 bridgehead atoms. The standard InChI is InChI=1S/C12H21NS2/c1-11(2)5-8-14-9-6-13-10-12-4-3-7-15-12/h3-4,7,11,13H,5-6,8-10H2,1-2H3. The van der Waals surface area contributed by atoms with Gasteiger partial charge in [-0.2, -0.15) is 11.8 Å². The van der Waals surface area contributed by atoms with Crippen molar-refractivity contribution in [3.8, 4) is 0 Å². The maximum Gasteiger partial charge on any atom is 0.0300 e. The molecule has 0 aliphatic rings. The number of thioether (sulfide) groups is 1. The summed E-state index contributed by atoms with van der Waals surface area (Å²) in [5.74, 6) is 3.38. The highest BCUT2D eigenvalue weighted by Gasteiger charge is 1.95. The van der Waals surface area contributed by atoms with Gasteiger partial charge in [0.2, 0.25) is 0 Å². The van der Waals surface area contributed by atoms with Crippen LogP contribution in [0.1, 0.15) is 25.1 Å². The number of rotatable bonds is 8. The van der Waals surface area contributed by atoms with E-state index in [1.54, 1.807) is 0 Å². The number of thiophene rings is 1. The zero-order valence-electron chi connectivity index (χ0n) is 9.66. The average Bonchev–Trinajstić information content (AvgIpc) is 2.68. The Labute approximate surface area is 102 Å². The van der Waals surface area contributed by atoms with E-state index in [0.29, 0.717) is 0 Å². The number of hydrogen-bond donors (Lipinski definition) is 1. The van der Waals surface area contributed by atoms with E-state index in [1.165, 1.54) is 22.8 Å². The lowest BCUT2D eigenvalue weighted by atomic mass is 10.2. The molecular formula is C12H21NS2. The fourth-order valence-corrected chi connectivity index (χ4v) is 3.00. The van der Waals surface area contributed by atoms with E-state index in [9.17, 15) is 0 Å². The van der Waals surface area contributed by atoms with Gasteiger partial charge in [-0.15, -0.1) is 11.3 Å². The van der Waals surface area contributed by atoms with Crippen molar-refractivity contribution in [1.29, 1.82) is 0 Å². The molecule has 0 fully saturated rings. The number of nitrogens with one attached hydrogen (secondary N) is 1. The molecule has 1 aromatic heterocycles. The summed E-state index contributed by atoms with van der Waals surface area (Å²) in [6, 6.07) is 4.29. The molecule has 1 rings (SSSR count). The van der Waals surface area contributed by atoms with Crippen molar-refractivity contribution in [2.75, 3.05) is 18.1 Å². The molecule has 0 radical (unpaired) electrons. The molecule has 86 valence electrons. The van der Waals surface area contributed by atoms with Gasteiger partial charge in [-0.1, -0.05) is 19.9 Å². The minimum atomic E-state index is 0.844. The minimum Gasteiger partial charge on any atom is -0.311 e. The third kappa shape index (κ3) is 6.98. The van der Waals surface area contributed by atoms with E-state index in [0.717, 1.165) is 19.0 Å². The molecule has 0 saturated heterocycles. The Kier molecular flexibility index (Phi) is 7.14. The molecule has 1 nitrogen and oxygen atoms in total. The first kappa shape index (κ1) is 13.1. The van der Waals surface area contributed by atoms with Gasteiger partial charge in [0.15, 0.2) is 0 Å². The topological polar surface area (TPSA) is 12.0 Å². The highest BCUT2D eigenvalue weighted by atomic mass is 32.2. The fourth-order valence-electron chi connectivity index (χ4n) is 1.19. The van der Waals surface area contributed by atoms with Gasteiger partial charge in [-0.05, 0) is 29.5 Å². The summed E-state index contributed by atoms with van der Waals surface area (Å²) in [6.45, 7) is 6.73. The first-order valence-electron chi connectivity index (χ1n) is 5.60. The molecule has 1 aromatic rings. The lowest BCUT2D eigenvalue weighted by Gasteiger charge is -2.05. The van der Waals surface area contributed by atoms with Crippen molar-refractivity contribution in [2.45, 2.75) is 26.8 Å². The van der Waals surface area contributed by atoms with Crippen LogP contribution in [-0.4, -0.2) is 18.1 Å². The number of hydrogen-bond acceptors (Lipinski definition) is 3. The molecule has 1 N–H and O–H groups in total. The molecule has 0 atom stereocenters. The van der Waals surface area contributed by atoms with Crippen LogP contribution in [0.3, 0.4) is 0 Å². The van der Waals surface area contributed by atoms with Gasteiger partial charge in [0.05, 0.1) is 0 Å². The fraction of sp³-hybridized carbons (Fsp3) is 0.667. The van der Waals surface area contributed by atoms with E-state index in [1.807, 2.05) is 11.3 Å². The maximum absolute atomic E-state index is 3.47. The van der Waals surface area contributed by atoms with E-state index in [2.05, 4.69) is 48.4 Å². The molecule has 0 aliphatic heterocycles. The third-order valence-electron chi connectivity index (χ3n) is 2.14. The Morgan fingerprint density at radius 2 is 2.27 bits per heavy atom. The zero-order valence-corrected chi connectivity index (χ0v) is 11.3. The Balaban J connectivity index is 1.85. The summed E-state index contributed by atoms with van der Waals surface area (Å²) in [7, 11) is 0. The lowest BCUT2D eigenvalue weighted by molar-refractivity contribution is 0.631. The molecule has 0 aromatic carbocycles. The van der Waals surface area contributed by atoms with Crippen molar-refractivity contribution in [3.05, 3.63) is 22.4 Å². The quantitative estimate of drug-likeness (QED) is 0.700. The smallest absolute Gasteiger partial charge is 0.0300 e. The molecule has 0 spiro atoms. The highest BCUT2D eigenvalue weighted by Crippen LogP contribution is 2.09. The monoisotopic (exact) mass is 243 g/mol. The predicted molar refractivity (Wildman–Crippen MR) is 72.8 cm³/mol. The van der Waals surface area contributed by atoms with Crippen molar-refractivity contribution >= 4 is 23.1 Å². The Hall–Kier alpha value is 0.01000. The van der Waals surface area contributed by atoms with Crippen molar-refractivity contribution < 1.29 is 0 Å². The van der Waals surface area contributed by atoms with Gasteiger partial charge >= 0.3 is 0 Å². The molecule has 1 heterocycles. The van der Waals surface area contributed by atoms with E-state index in [4.69, 9.17) is 0 Å². The predicted octanol–water partition coefficient (Wildman–Crippen LogP) is 3.62. The van der Waals surface area contributed by atoms with Crippen LogP contribution in [0.4, 0.5) is 0 Å². The summed E-state index contributed by atoms with van der Waals surface area (Å²) in [6.07, 6.45) is 1.34. The summed E-state index contributed by atoms with van der Waals surface area (Å²) in [4.78, 5) is 1.43. The average molecular weight is 243 g/mol. The van der Waals surface area contributed by atoms with Gasteiger partial charge < -0.3 is 5.32 Å². The van der Waals surface area contributed by atoms with Crippen molar-refractivity contribution in [2.24, 2.45) is 5.92 Å². The largest absolute Gasteiger partial charge is 0.311 e. The second-order valence-electron chi connectivity index (χ2n) is 4.05. The van der Waals surface area contributed by atoms with Crippen molar-refractivity contribution in [3.63, 3.8) is 0 Å². The van der Waals surface area contributed by atoms with Crippen LogP contribution in [-0.2, 0) is 6.54 Å². The van der Waals surface area contributed by atoms with Gasteiger partial charge in [0.1, 0.15) is 0 Å². The summed E-state index contributed by atoms with van der Waals surface area (Å²) < 4.78 is 0. The third-order valence-corrected chi connectivity index (χ3v) is 4.04. The van der Waals surface area contributed by atoms with E-state index < -0.39 is 0 Å². The second kappa shape index (κ2) is 8.20. The minimum absolute atomic E-state index is 0.844. The first-order chi connectivity index (χ1) is 7.29. The van der Waals surface area contributed by atoms with Gasteiger partial charge in [-0.3, -0.25) is 0 Å².